The molecule has 1 fully saturated rings. The predicted molar refractivity (Wildman–Crippen MR) is 45.3 cm³/mol. The fourth-order valence-electron chi connectivity index (χ4n) is 1.28. The first-order valence-corrected chi connectivity index (χ1v) is 4.82. The van der Waals surface area contributed by atoms with Gasteiger partial charge in [0.2, 0.25) is 5.89 Å². The summed E-state index contributed by atoms with van der Waals surface area (Å²) in [6.45, 7) is 0. The van der Waals surface area contributed by atoms with Crippen LogP contribution in [0.1, 0.15) is 36.9 Å². The zero-order valence-electron chi connectivity index (χ0n) is 6.79. The standard InChI is InChI=1S/C8H11ClN2O/c9-5-4-7-10-8(11-12-7)6-2-1-3-6/h6H,1-5H2. The minimum Gasteiger partial charge on any atom is -0.339 e. The van der Waals surface area contributed by atoms with Crippen molar-refractivity contribution in [3.05, 3.63) is 11.7 Å². The summed E-state index contributed by atoms with van der Waals surface area (Å²) in [7, 11) is 0. The lowest BCUT2D eigenvalue weighted by molar-refractivity contribution is 0.349. The topological polar surface area (TPSA) is 38.9 Å². The van der Waals surface area contributed by atoms with E-state index in [-0.39, 0.29) is 0 Å². The summed E-state index contributed by atoms with van der Waals surface area (Å²) in [5, 5.41) is 3.91. The lowest BCUT2D eigenvalue weighted by Gasteiger charge is -2.20. The van der Waals surface area contributed by atoms with Crippen molar-refractivity contribution in [1.82, 2.24) is 10.1 Å². The van der Waals surface area contributed by atoms with E-state index in [2.05, 4.69) is 10.1 Å². The Morgan fingerprint density at radius 3 is 2.92 bits per heavy atom. The molecule has 0 saturated heterocycles. The third kappa shape index (κ3) is 1.46. The molecule has 0 amide bonds. The number of nitrogens with zero attached hydrogens (tertiary/aromatic N) is 2. The van der Waals surface area contributed by atoms with Crippen molar-refractivity contribution in [2.75, 3.05) is 5.88 Å². The van der Waals surface area contributed by atoms with Gasteiger partial charge in [0.05, 0.1) is 0 Å². The van der Waals surface area contributed by atoms with Crippen molar-refractivity contribution in [1.29, 1.82) is 0 Å². The minimum absolute atomic E-state index is 0.548. The van der Waals surface area contributed by atoms with Crippen molar-refractivity contribution in [3.63, 3.8) is 0 Å². The summed E-state index contributed by atoms with van der Waals surface area (Å²) in [6, 6.07) is 0. The summed E-state index contributed by atoms with van der Waals surface area (Å²) in [6.07, 6.45) is 4.39. The zero-order chi connectivity index (χ0) is 8.39. The number of halogens is 1. The lowest BCUT2D eigenvalue weighted by atomic mass is 9.85. The van der Waals surface area contributed by atoms with Gasteiger partial charge < -0.3 is 4.52 Å². The molecule has 0 aliphatic heterocycles. The molecular weight excluding hydrogens is 176 g/mol. The number of aryl methyl sites for hydroxylation is 1. The second-order valence-corrected chi connectivity index (χ2v) is 3.49. The fraction of sp³-hybridized carbons (Fsp3) is 0.750. The van der Waals surface area contributed by atoms with E-state index in [4.69, 9.17) is 16.1 Å². The first-order chi connectivity index (χ1) is 5.90. The van der Waals surface area contributed by atoms with Crippen molar-refractivity contribution in [2.24, 2.45) is 0 Å². The molecule has 2 rings (SSSR count). The Kier molecular flexibility index (Phi) is 2.30. The highest BCUT2D eigenvalue weighted by atomic mass is 35.5. The van der Waals surface area contributed by atoms with Gasteiger partial charge in [-0.3, -0.25) is 0 Å². The largest absolute Gasteiger partial charge is 0.339 e. The smallest absolute Gasteiger partial charge is 0.227 e. The molecule has 1 aromatic heterocycles. The van der Waals surface area contributed by atoms with Crippen LogP contribution in [0.5, 0.6) is 0 Å². The Morgan fingerprint density at radius 2 is 2.33 bits per heavy atom. The van der Waals surface area contributed by atoms with E-state index in [0.29, 0.717) is 24.1 Å². The van der Waals surface area contributed by atoms with E-state index < -0.39 is 0 Å². The van der Waals surface area contributed by atoms with E-state index in [1.165, 1.54) is 19.3 Å². The van der Waals surface area contributed by atoms with E-state index in [1.807, 2.05) is 0 Å². The fourth-order valence-corrected chi connectivity index (χ4v) is 1.44. The van der Waals surface area contributed by atoms with Crippen molar-refractivity contribution < 1.29 is 4.52 Å². The van der Waals surface area contributed by atoms with Crippen molar-refractivity contribution >= 4 is 11.6 Å². The van der Waals surface area contributed by atoms with Crippen molar-refractivity contribution in [2.45, 2.75) is 31.6 Å². The average molecular weight is 187 g/mol. The Hall–Kier alpha value is -0.570. The van der Waals surface area contributed by atoms with Gasteiger partial charge in [-0.15, -0.1) is 11.6 Å². The van der Waals surface area contributed by atoms with Crippen LogP contribution in [-0.4, -0.2) is 16.0 Å². The summed E-state index contributed by atoms with van der Waals surface area (Å²) in [5.74, 6) is 2.65. The maximum Gasteiger partial charge on any atom is 0.227 e. The molecule has 1 heterocycles. The van der Waals surface area contributed by atoms with Gasteiger partial charge in [-0.2, -0.15) is 4.98 Å². The number of rotatable bonds is 3. The third-order valence-electron chi connectivity index (χ3n) is 2.26. The van der Waals surface area contributed by atoms with Crippen LogP contribution in [0.15, 0.2) is 4.52 Å². The number of aromatic nitrogens is 2. The number of alkyl halides is 1. The van der Waals surface area contributed by atoms with Crippen LogP contribution in [-0.2, 0) is 6.42 Å². The van der Waals surface area contributed by atoms with E-state index in [0.717, 1.165) is 5.82 Å². The second kappa shape index (κ2) is 3.44. The van der Waals surface area contributed by atoms with Crippen molar-refractivity contribution in [3.8, 4) is 0 Å². The van der Waals surface area contributed by atoms with Gasteiger partial charge in [-0.1, -0.05) is 11.6 Å². The third-order valence-corrected chi connectivity index (χ3v) is 2.45. The molecule has 3 nitrogen and oxygen atoms in total. The molecule has 66 valence electrons. The van der Waals surface area contributed by atoms with Gasteiger partial charge in [-0.25, -0.2) is 0 Å². The van der Waals surface area contributed by atoms with Gasteiger partial charge >= 0.3 is 0 Å². The Bertz CT molecular complexity index is 257. The quantitative estimate of drug-likeness (QED) is 0.679. The average Bonchev–Trinajstić information content (AvgIpc) is 2.34. The van der Waals surface area contributed by atoms with Gasteiger partial charge in [0.25, 0.3) is 0 Å². The first-order valence-electron chi connectivity index (χ1n) is 4.28. The summed E-state index contributed by atoms with van der Waals surface area (Å²) in [5.41, 5.74) is 0. The molecule has 4 heteroatoms. The summed E-state index contributed by atoms with van der Waals surface area (Å²) in [4.78, 5) is 4.26. The number of hydrogen-bond donors (Lipinski definition) is 0. The highest BCUT2D eigenvalue weighted by Crippen LogP contribution is 2.34. The SMILES string of the molecule is ClCCc1nc(C2CCC2)no1. The van der Waals surface area contributed by atoms with E-state index >= 15 is 0 Å². The van der Waals surface area contributed by atoms with Crippen LogP contribution in [0.2, 0.25) is 0 Å². The van der Waals surface area contributed by atoms with Gasteiger partial charge in [0.1, 0.15) is 0 Å². The molecular formula is C8H11ClN2O. The molecule has 0 spiro atoms. The molecule has 1 aliphatic carbocycles. The lowest BCUT2D eigenvalue weighted by Crippen LogP contribution is -2.10. The van der Waals surface area contributed by atoms with Gasteiger partial charge in [0, 0.05) is 18.2 Å². The monoisotopic (exact) mass is 186 g/mol. The molecule has 0 aromatic carbocycles. The summed E-state index contributed by atoms with van der Waals surface area (Å²) < 4.78 is 5.02. The van der Waals surface area contributed by atoms with Gasteiger partial charge in [0.15, 0.2) is 5.82 Å². The Morgan fingerprint density at radius 1 is 1.50 bits per heavy atom. The van der Waals surface area contributed by atoms with Crippen LogP contribution in [0, 0.1) is 0 Å². The summed E-state index contributed by atoms with van der Waals surface area (Å²) >= 11 is 5.54. The predicted octanol–water partition coefficient (Wildman–Crippen LogP) is 2.12. The first kappa shape index (κ1) is 8.05. The van der Waals surface area contributed by atoms with E-state index in [1.54, 1.807) is 0 Å². The van der Waals surface area contributed by atoms with Crippen LogP contribution in [0.25, 0.3) is 0 Å². The van der Waals surface area contributed by atoms with Crippen LogP contribution < -0.4 is 0 Å². The molecule has 12 heavy (non-hydrogen) atoms. The Balaban J connectivity index is 2.02. The molecule has 0 radical (unpaired) electrons. The maximum absolute atomic E-state index is 5.54. The maximum atomic E-state index is 5.54. The van der Waals surface area contributed by atoms with Crippen LogP contribution >= 0.6 is 11.6 Å². The molecule has 0 unspecified atom stereocenters. The molecule has 1 saturated carbocycles. The highest BCUT2D eigenvalue weighted by Gasteiger charge is 2.24. The second-order valence-electron chi connectivity index (χ2n) is 3.11. The number of hydrogen-bond acceptors (Lipinski definition) is 3. The molecule has 0 bridgehead atoms. The molecule has 1 aromatic rings. The highest BCUT2D eigenvalue weighted by molar-refractivity contribution is 6.17. The minimum atomic E-state index is 0.548. The van der Waals surface area contributed by atoms with Crippen LogP contribution in [0.3, 0.4) is 0 Å². The Labute approximate surface area is 76.1 Å². The molecule has 0 atom stereocenters. The van der Waals surface area contributed by atoms with E-state index in [9.17, 15) is 0 Å². The zero-order valence-corrected chi connectivity index (χ0v) is 7.55. The molecule has 0 N–H and O–H groups in total. The normalized spacial score (nSPS) is 17.8. The van der Waals surface area contributed by atoms with Crippen LogP contribution in [0.4, 0.5) is 0 Å². The van der Waals surface area contributed by atoms with Gasteiger partial charge in [-0.05, 0) is 12.8 Å². The molecule has 1 aliphatic rings.